The lowest BCUT2D eigenvalue weighted by Crippen LogP contribution is -2.52. The molecule has 1 saturated carbocycles. The first-order valence-electron chi connectivity index (χ1n) is 11.9. The van der Waals surface area contributed by atoms with E-state index in [1.54, 1.807) is 0 Å². The van der Waals surface area contributed by atoms with E-state index in [1.807, 2.05) is 0 Å². The zero-order valence-corrected chi connectivity index (χ0v) is 20.4. The summed E-state index contributed by atoms with van der Waals surface area (Å²) in [6.07, 6.45) is -16.5. The monoisotopic (exact) mass is 575 g/mol. The van der Waals surface area contributed by atoms with Crippen LogP contribution in [0.4, 0.5) is 45.2 Å². The Labute approximate surface area is 218 Å². The maximum Gasteiger partial charge on any atom is 0.573 e. The average Bonchev–Trinajstić information content (AvgIpc) is 2.80. The Bertz CT molecular complexity index is 1070. The van der Waals surface area contributed by atoms with Crippen molar-refractivity contribution in [1.29, 1.82) is 0 Å². The second-order valence-electron chi connectivity index (χ2n) is 9.21. The summed E-state index contributed by atoms with van der Waals surface area (Å²) in [5, 5.41) is 9.74. The van der Waals surface area contributed by atoms with Gasteiger partial charge in [-0.25, -0.2) is 0 Å². The van der Waals surface area contributed by atoms with Crippen molar-refractivity contribution in [2.75, 3.05) is 18.0 Å². The van der Waals surface area contributed by atoms with E-state index < -0.39 is 49.4 Å². The van der Waals surface area contributed by atoms with E-state index in [2.05, 4.69) is 9.47 Å². The first-order chi connectivity index (χ1) is 18.0. The van der Waals surface area contributed by atoms with Gasteiger partial charge in [0.25, 0.3) is 0 Å². The fraction of sp³-hybridized carbons (Fsp3) is 0.520. The Morgan fingerprint density at radius 3 is 2.08 bits per heavy atom. The third-order valence-corrected chi connectivity index (χ3v) is 6.07. The third-order valence-electron chi connectivity index (χ3n) is 6.07. The smallest absolute Gasteiger partial charge is 0.489 e. The fourth-order valence-corrected chi connectivity index (χ4v) is 4.42. The van der Waals surface area contributed by atoms with Gasteiger partial charge in [-0.15, -0.1) is 26.3 Å². The molecule has 14 heteroatoms. The largest absolute Gasteiger partial charge is 0.573 e. The van der Waals surface area contributed by atoms with Crippen LogP contribution in [0.15, 0.2) is 48.5 Å². The Balaban J connectivity index is 1.83. The Kier molecular flexibility index (Phi) is 9.52. The van der Waals surface area contributed by atoms with Crippen molar-refractivity contribution in [2.45, 2.75) is 69.3 Å². The molecule has 39 heavy (non-hydrogen) atoms. The first kappa shape index (κ1) is 30.7. The van der Waals surface area contributed by atoms with Crippen LogP contribution in [0.3, 0.4) is 0 Å². The van der Waals surface area contributed by atoms with Crippen LogP contribution >= 0.6 is 0 Å². The molecule has 1 aliphatic rings. The van der Waals surface area contributed by atoms with Crippen LogP contribution in [-0.2, 0) is 11.3 Å². The minimum atomic E-state index is -5.03. The summed E-state index contributed by atoms with van der Waals surface area (Å²) in [5.74, 6) is -0.400. The van der Waals surface area contributed by atoms with Crippen LogP contribution in [0, 0.1) is 0 Å². The number of hydrogen-bond donors (Lipinski definition) is 1. The molecule has 0 aliphatic heterocycles. The maximum atomic E-state index is 13.3. The number of ether oxygens (including phenoxy) is 3. The molecule has 5 nitrogen and oxygen atoms in total. The second-order valence-corrected chi connectivity index (χ2v) is 9.21. The van der Waals surface area contributed by atoms with Gasteiger partial charge < -0.3 is 19.5 Å². The number of rotatable bonds is 10. The summed E-state index contributed by atoms with van der Waals surface area (Å²) in [6, 6.07) is 10.4. The molecule has 3 rings (SSSR count). The number of halogens is 9. The highest BCUT2D eigenvalue weighted by molar-refractivity contribution is 5.51. The van der Waals surface area contributed by atoms with E-state index in [0.717, 1.165) is 17.0 Å². The molecule has 0 amide bonds. The van der Waals surface area contributed by atoms with E-state index in [4.69, 9.17) is 4.74 Å². The molecule has 2 aromatic carbocycles. The number of hydrogen-bond acceptors (Lipinski definition) is 5. The van der Waals surface area contributed by atoms with Crippen molar-refractivity contribution >= 4 is 5.69 Å². The van der Waals surface area contributed by atoms with Crippen molar-refractivity contribution in [3.05, 3.63) is 54.1 Å². The highest BCUT2D eigenvalue weighted by Gasteiger charge is 2.47. The third kappa shape index (κ3) is 9.99. The molecule has 0 saturated heterocycles. The van der Waals surface area contributed by atoms with Crippen LogP contribution in [0.25, 0.3) is 0 Å². The van der Waals surface area contributed by atoms with Crippen LogP contribution in [0.5, 0.6) is 11.5 Å². The predicted octanol–water partition coefficient (Wildman–Crippen LogP) is 7.13. The Morgan fingerprint density at radius 1 is 0.821 bits per heavy atom. The number of aliphatic hydroxyl groups excluding tert-OH is 1. The summed E-state index contributed by atoms with van der Waals surface area (Å²) in [4.78, 5) is 0.972. The Hall–Kier alpha value is -2.87. The lowest BCUT2D eigenvalue weighted by Gasteiger charge is -2.42. The van der Waals surface area contributed by atoms with E-state index in [-0.39, 0.29) is 36.4 Å². The topological polar surface area (TPSA) is 51.2 Å². The lowest BCUT2D eigenvalue weighted by molar-refractivity contribution is -0.369. The van der Waals surface area contributed by atoms with Crippen LogP contribution in [0.2, 0.25) is 0 Å². The van der Waals surface area contributed by atoms with Gasteiger partial charge in [-0.2, -0.15) is 13.2 Å². The van der Waals surface area contributed by atoms with Crippen LogP contribution in [0.1, 0.15) is 37.7 Å². The molecule has 1 fully saturated rings. The van der Waals surface area contributed by atoms with Gasteiger partial charge in [-0.3, -0.25) is 4.74 Å². The molecule has 0 radical (unpaired) electrons. The maximum absolute atomic E-state index is 13.3. The van der Waals surface area contributed by atoms with Gasteiger partial charge in [0.2, 0.25) is 0 Å². The van der Waals surface area contributed by atoms with Gasteiger partial charge in [0.05, 0.1) is 12.1 Å². The predicted molar refractivity (Wildman–Crippen MR) is 121 cm³/mol. The molecule has 1 aliphatic carbocycles. The number of benzene rings is 2. The average molecular weight is 575 g/mol. The lowest BCUT2D eigenvalue weighted by atomic mass is 9.84. The van der Waals surface area contributed by atoms with Crippen molar-refractivity contribution in [2.24, 2.45) is 0 Å². The molecule has 0 spiro atoms. The van der Waals surface area contributed by atoms with Crippen LogP contribution in [-0.4, -0.2) is 48.8 Å². The van der Waals surface area contributed by atoms with Gasteiger partial charge in [0.1, 0.15) is 18.1 Å². The number of aliphatic hydroxyl groups is 1. The molecule has 218 valence electrons. The number of alkyl halides is 9. The van der Waals surface area contributed by atoms with Gasteiger partial charge >= 0.3 is 18.9 Å². The number of anilines is 1. The normalized spacial score (nSPS) is 17.0. The highest BCUT2D eigenvalue weighted by atomic mass is 19.4. The molecule has 0 heterocycles. The summed E-state index contributed by atoms with van der Waals surface area (Å²) < 4.78 is 131. The molecule has 1 N–H and O–H groups in total. The minimum Gasteiger partial charge on any atom is -0.489 e. The van der Waals surface area contributed by atoms with Crippen molar-refractivity contribution < 1.29 is 58.8 Å². The van der Waals surface area contributed by atoms with Gasteiger partial charge in [0.15, 0.2) is 6.10 Å². The Morgan fingerprint density at radius 2 is 1.46 bits per heavy atom. The van der Waals surface area contributed by atoms with E-state index >= 15 is 0 Å². The second kappa shape index (κ2) is 12.1. The molecule has 0 bridgehead atoms. The van der Waals surface area contributed by atoms with Gasteiger partial charge in [0, 0.05) is 18.3 Å². The standard InChI is InChI=1S/C25H26F9NO4/c26-23(27,28)21(36)14-35(16-22(39-25(32,33)34)10-2-1-3-11-22)18-7-5-8-19(13-18)37-15-17-6-4-9-20(12-17)38-24(29,30)31/h4-9,12-13,21,36H,1-3,10-11,14-16H2. The van der Waals surface area contributed by atoms with E-state index in [0.29, 0.717) is 19.3 Å². The minimum absolute atomic E-state index is 0.0284. The van der Waals surface area contributed by atoms with Crippen molar-refractivity contribution in [3.63, 3.8) is 0 Å². The molecule has 1 atom stereocenters. The summed E-state index contributed by atoms with van der Waals surface area (Å²) in [6.45, 7) is -1.89. The zero-order chi connectivity index (χ0) is 28.9. The van der Waals surface area contributed by atoms with Crippen molar-refractivity contribution in [3.8, 4) is 11.5 Å². The van der Waals surface area contributed by atoms with E-state index in [1.165, 1.54) is 36.4 Å². The summed E-state index contributed by atoms with van der Waals surface area (Å²) in [7, 11) is 0. The SMILES string of the molecule is OC(CN(CC1(OC(F)(F)F)CCCCC1)c1cccc(OCc2cccc(OC(F)(F)F)c2)c1)C(F)(F)F. The quantitative estimate of drug-likeness (QED) is 0.306. The van der Waals surface area contributed by atoms with Gasteiger partial charge in [-0.1, -0.05) is 37.5 Å². The van der Waals surface area contributed by atoms with Crippen LogP contribution < -0.4 is 14.4 Å². The van der Waals surface area contributed by atoms with Gasteiger partial charge in [-0.05, 0) is 42.7 Å². The fourth-order valence-electron chi connectivity index (χ4n) is 4.42. The summed E-state index contributed by atoms with van der Waals surface area (Å²) >= 11 is 0. The summed E-state index contributed by atoms with van der Waals surface area (Å²) in [5.41, 5.74) is -1.51. The van der Waals surface area contributed by atoms with E-state index in [9.17, 15) is 44.6 Å². The molecule has 0 aromatic heterocycles. The molecular weight excluding hydrogens is 549 g/mol. The highest BCUT2D eigenvalue weighted by Crippen LogP contribution is 2.39. The number of nitrogens with zero attached hydrogens (tertiary/aromatic N) is 1. The van der Waals surface area contributed by atoms with Crippen molar-refractivity contribution in [1.82, 2.24) is 0 Å². The first-order valence-corrected chi connectivity index (χ1v) is 11.9. The molecular formula is C25H26F9NO4. The molecule has 1 unspecified atom stereocenters. The zero-order valence-electron chi connectivity index (χ0n) is 20.4. The molecule has 2 aromatic rings.